The number of hydrogen-bond donors (Lipinski definition) is 3. The van der Waals surface area contributed by atoms with Gasteiger partial charge in [0.05, 0.1) is 5.92 Å². The van der Waals surface area contributed by atoms with Crippen molar-refractivity contribution in [3.8, 4) is 0 Å². The van der Waals surface area contributed by atoms with Crippen LogP contribution in [0.15, 0.2) is 33.5 Å². The molecule has 2 amide bonds. The predicted octanol–water partition coefficient (Wildman–Crippen LogP) is 0.732. The SMILES string of the molecule is Cc1nnc(NNC(=O)C2CC(=O)N(c3ccc(Br)cc3)C2)[nH]c1=O. The van der Waals surface area contributed by atoms with Crippen LogP contribution < -0.4 is 21.3 Å². The van der Waals surface area contributed by atoms with Crippen LogP contribution in [-0.4, -0.2) is 33.5 Å². The Bertz CT molecular complexity index is 866. The van der Waals surface area contributed by atoms with Crippen molar-refractivity contribution in [3.05, 3.63) is 44.8 Å². The van der Waals surface area contributed by atoms with E-state index in [4.69, 9.17) is 0 Å². The van der Waals surface area contributed by atoms with E-state index in [1.165, 1.54) is 6.92 Å². The van der Waals surface area contributed by atoms with E-state index in [9.17, 15) is 14.4 Å². The highest BCUT2D eigenvalue weighted by Crippen LogP contribution is 2.26. The molecular formula is C15H15BrN6O3. The summed E-state index contributed by atoms with van der Waals surface area (Å²) in [6.07, 6.45) is 0.111. The summed E-state index contributed by atoms with van der Waals surface area (Å²) in [4.78, 5) is 39.9. The summed E-state index contributed by atoms with van der Waals surface area (Å²) < 4.78 is 0.912. The van der Waals surface area contributed by atoms with E-state index in [0.717, 1.165) is 10.2 Å². The Labute approximate surface area is 150 Å². The van der Waals surface area contributed by atoms with Crippen molar-refractivity contribution >= 4 is 39.4 Å². The van der Waals surface area contributed by atoms with Gasteiger partial charge in [0, 0.05) is 23.1 Å². The number of carbonyl (C=O) groups is 2. The monoisotopic (exact) mass is 406 g/mol. The number of hydrazine groups is 1. The van der Waals surface area contributed by atoms with Gasteiger partial charge < -0.3 is 4.90 Å². The molecule has 1 unspecified atom stereocenters. The van der Waals surface area contributed by atoms with Crippen LogP contribution in [0.2, 0.25) is 0 Å². The van der Waals surface area contributed by atoms with Crippen molar-refractivity contribution in [1.29, 1.82) is 0 Å². The van der Waals surface area contributed by atoms with Gasteiger partial charge in [0.1, 0.15) is 5.69 Å². The van der Waals surface area contributed by atoms with Gasteiger partial charge in [-0.05, 0) is 31.2 Å². The molecule has 10 heteroatoms. The van der Waals surface area contributed by atoms with Crippen molar-refractivity contribution in [2.45, 2.75) is 13.3 Å². The highest BCUT2D eigenvalue weighted by molar-refractivity contribution is 9.10. The molecule has 3 N–H and O–H groups in total. The molecule has 130 valence electrons. The summed E-state index contributed by atoms with van der Waals surface area (Å²) in [7, 11) is 0. The zero-order valence-electron chi connectivity index (χ0n) is 13.2. The van der Waals surface area contributed by atoms with Gasteiger partial charge in [0.2, 0.25) is 17.8 Å². The van der Waals surface area contributed by atoms with Gasteiger partial charge in [-0.25, -0.2) is 0 Å². The lowest BCUT2D eigenvalue weighted by Gasteiger charge is -2.17. The summed E-state index contributed by atoms with van der Waals surface area (Å²) in [5.41, 5.74) is 5.51. The number of aromatic amines is 1. The molecular weight excluding hydrogens is 392 g/mol. The molecule has 0 radical (unpaired) electrons. The van der Waals surface area contributed by atoms with Crippen LogP contribution in [0.5, 0.6) is 0 Å². The second-order valence-electron chi connectivity index (χ2n) is 5.58. The van der Waals surface area contributed by atoms with Gasteiger partial charge in [-0.2, -0.15) is 0 Å². The molecule has 1 aliphatic heterocycles. The first-order valence-electron chi connectivity index (χ1n) is 7.49. The number of hydrogen-bond acceptors (Lipinski definition) is 6. The number of aromatic nitrogens is 3. The molecule has 1 fully saturated rings. The summed E-state index contributed by atoms with van der Waals surface area (Å²) in [6, 6.07) is 7.30. The molecule has 0 saturated carbocycles. The number of rotatable bonds is 4. The predicted molar refractivity (Wildman–Crippen MR) is 93.8 cm³/mol. The third-order valence-electron chi connectivity index (χ3n) is 3.80. The normalized spacial score (nSPS) is 16.8. The van der Waals surface area contributed by atoms with Crippen LogP contribution in [0.3, 0.4) is 0 Å². The highest BCUT2D eigenvalue weighted by Gasteiger charge is 2.35. The molecule has 1 aromatic carbocycles. The van der Waals surface area contributed by atoms with E-state index in [1.54, 1.807) is 4.90 Å². The first kappa shape index (κ1) is 17.1. The Kier molecular flexibility index (Phi) is 4.79. The molecule has 0 spiro atoms. The molecule has 25 heavy (non-hydrogen) atoms. The fourth-order valence-electron chi connectivity index (χ4n) is 2.43. The molecule has 1 aliphatic rings. The van der Waals surface area contributed by atoms with Crippen LogP contribution in [0, 0.1) is 12.8 Å². The van der Waals surface area contributed by atoms with Crippen LogP contribution in [0.1, 0.15) is 12.1 Å². The highest BCUT2D eigenvalue weighted by atomic mass is 79.9. The summed E-state index contributed by atoms with van der Waals surface area (Å²) in [5, 5.41) is 7.36. The van der Waals surface area contributed by atoms with Crippen molar-refractivity contribution in [1.82, 2.24) is 20.6 Å². The average molecular weight is 407 g/mol. The molecule has 3 rings (SSSR count). The number of amides is 2. The number of aryl methyl sites for hydroxylation is 1. The minimum absolute atomic E-state index is 0.0260. The van der Waals surface area contributed by atoms with Crippen LogP contribution in [0.4, 0.5) is 11.6 Å². The Hall–Kier alpha value is -2.75. The zero-order valence-corrected chi connectivity index (χ0v) is 14.8. The maximum Gasteiger partial charge on any atom is 0.274 e. The van der Waals surface area contributed by atoms with Crippen LogP contribution in [-0.2, 0) is 9.59 Å². The van der Waals surface area contributed by atoms with Gasteiger partial charge in [0.25, 0.3) is 5.56 Å². The molecule has 9 nitrogen and oxygen atoms in total. The molecule has 0 bridgehead atoms. The minimum atomic E-state index is -0.506. The minimum Gasteiger partial charge on any atom is -0.312 e. The first-order chi connectivity index (χ1) is 11.9. The van der Waals surface area contributed by atoms with Crippen molar-refractivity contribution in [2.75, 3.05) is 16.9 Å². The fourth-order valence-corrected chi connectivity index (χ4v) is 2.69. The second-order valence-corrected chi connectivity index (χ2v) is 6.50. The lowest BCUT2D eigenvalue weighted by atomic mass is 10.1. The number of benzene rings is 1. The van der Waals surface area contributed by atoms with E-state index in [1.807, 2.05) is 24.3 Å². The maximum absolute atomic E-state index is 12.2. The Balaban J connectivity index is 1.61. The third-order valence-corrected chi connectivity index (χ3v) is 4.33. The van der Waals surface area contributed by atoms with E-state index in [2.05, 4.69) is 42.0 Å². The van der Waals surface area contributed by atoms with E-state index in [0.29, 0.717) is 0 Å². The molecule has 2 aromatic rings. The zero-order chi connectivity index (χ0) is 18.0. The number of H-pyrrole nitrogens is 1. The van der Waals surface area contributed by atoms with Crippen LogP contribution in [0.25, 0.3) is 0 Å². The molecule has 1 aromatic heterocycles. The van der Waals surface area contributed by atoms with Gasteiger partial charge in [-0.15, -0.1) is 10.2 Å². The quantitative estimate of drug-likeness (QED) is 0.643. The fraction of sp³-hybridized carbons (Fsp3) is 0.267. The maximum atomic E-state index is 12.2. The Morgan fingerprint density at radius 1 is 1.28 bits per heavy atom. The molecule has 1 saturated heterocycles. The molecule has 2 heterocycles. The second kappa shape index (κ2) is 7.01. The lowest BCUT2D eigenvalue weighted by molar-refractivity contribution is -0.125. The average Bonchev–Trinajstić information content (AvgIpc) is 2.98. The summed E-state index contributed by atoms with van der Waals surface area (Å²) in [5.74, 6) is -0.964. The molecule has 1 atom stereocenters. The Morgan fingerprint density at radius 3 is 2.68 bits per heavy atom. The number of halogens is 1. The van der Waals surface area contributed by atoms with Gasteiger partial charge >= 0.3 is 0 Å². The smallest absolute Gasteiger partial charge is 0.274 e. The molecule has 0 aliphatic carbocycles. The standard InChI is InChI=1S/C15H15BrN6O3/c1-8-13(24)17-15(20-18-8)21-19-14(25)9-6-12(23)22(7-9)11-4-2-10(16)3-5-11/h2-5,9H,6-7H2,1H3,(H,19,25)(H2,17,20,21,24). The van der Waals surface area contributed by atoms with Crippen molar-refractivity contribution in [2.24, 2.45) is 5.92 Å². The summed E-state index contributed by atoms with van der Waals surface area (Å²) >= 11 is 3.34. The largest absolute Gasteiger partial charge is 0.312 e. The van der Waals surface area contributed by atoms with Gasteiger partial charge in [-0.3, -0.25) is 30.2 Å². The third kappa shape index (κ3) is 3.85. The Morgan fingerprint density at radius 2 is 2.00 bits per heavy atom. The number of carbonyl (C=O) groups excluding carboxylic acids is 2. The van der Waals surface area contributed by atoms with E-state index >= 15 is 0 Å². The lowest BCUT2D eigenvalue weighted by Crippen LogP contribution is -2.37. The first-order valence-corrected chi connectivity index (χ1v) is 8.29. The number of anilines is 2. The number of nitrogens with one attached hydrogen (secondary N) is 3. The van der Waals surface area contributed by atoms with E-state index in [-0.39, 0.29) is 36.4 Å². The van der Waals surface area contributed by atoms with Gasteiger partial charge in [-0.1, -0.05) is 15.9 Å². The summed E-state index contributed by atoms with van der Waals surface area (Å²) in [6.45, 7) is 1.80. The topological polar surface area (TPSA) is 120 Å². The van der Waals surface area contributed by atoms with Gasteiger partial charge in [0.15, 0.2) is 0 Å². The van der Waals surface area contributed by atoms with Crippen molar-refractivity contribution in [3.63, 3.8) is 0 Å². The van der Waals surface area contributed by atoms with Crippen molar-refractivity contribution < 1.29 is 9.59 Å². The van der Waals surface area contributed by atoms with Crippen LogP contribution >= 0.6 is 15.9 Å². The number of nitrogens with zero attached hydrogens (tertiary/aromatic N) is 3. The van der Waals surface area contributed by atoms with E-state index < -0.39 is 11.5 Å².